The lowest BCUT2D eigenvalue weighted by atomic mass is 10.1. The predicted molar refractivity (Wildman–Crippen MR) is 143 cm³/mol. The van der Waals surface area contributed by atoms with Crippen molar-refractivity contribution >= 4 is 23.4 Å². The van der Waals surface area contributed by atoms with E-state index in [-0.39, 0.29) is 6.61 Å². The molecule has 0 amide bonds. The number of aliphatic hydroxyl groups is 1. The summed E-state index contributed by atoms with van der Waals surface area (Å²) in [6.07, 6.45) is 6.19. The van der Waals surface area contributed by atoms with Crippen molar-refractivity contribution in [1.29, 1.82) is 0 Å². The van der Waals surface area contributed by atoms with Crippen LogP contribution in [0.15, 0.2) is 55.0 Å². The Morgan fingerprint density at radius 1 is 1.05 bits per heavy atom. The van der Waals surface area contributed by atoms with Crippen LogP contribution in [0.4, 0.5) is 17.5 Å². The number of pyridine rings is 1. The highest BCUT2D eigenvalue weighted by atomic mass is 16.4. The summed E-state index contributed by atoms with van der Waals surface area (Å²) in [6, 6.07) is 11.2. The Hall–Kier alpha value is -3.64. The number of hydrogen-bond donors (Lipinski definition) is 5. The highest BCUT2D eigenvalue weighted by Gasteiger charge is 2.28. The molecular formula is C26H34N8O3. The zero-order valence-electron chi connectivity index (χ0n) is 20.8. The first-order valence-electron chi connectivity index (χ1n) is 12.4. The van der Waals surface area contributed by atoms with Crippen molar-refractivity contribution in [3.8, 4) is 11.1 Å². The largest absolute Gasteiger partial charge is 0.480 e. The number of benzene rings is 1. The van der Waals surface area contributed by atoms with Gasteiger partial charge in [0, 0.05) is 69.1 Å². The molecule has 0 bridgehead atoms. The second-order valence-corrected chi connectivity index (χ2v) is 8.97. The van der Waals surface area contributed by atoms with Crippen molar-refractivity contribution in [2.75, 3.05) is 56.5 Å². The highest BCUT2D eigenvalue weighted by molar-refractivity contribution is 5.73. The number of piperazine rings is 1. The number of aliphatic carboxylic acids is 1. The molecule has 0 aliphatic carbocycles. The summed E-state index contributed by atoms with van der Waals surface area (Å²) in [5.41, 5.74) is 9.46. The van der Waals surface area contributed by atoms with Crippen LogP contribution in [0.1, 0.15) is 12.0 Å². The van der Waals surface area contributed by atoms with Crippen molar-refractivity contribution in [1.82, 2.24) is 24.8 Å². The molecule has 0 spiro atoms. The van der Waals surface area contributed by atoms with Gasteiger partial charge in [0.25, 0.3) is 0 Å². The molecule has 0 radical (unpaired) electrons. The second kappa shape index (κ2) is 13.1. The van der Waals surface area contributed by atoms with Crippen molar-refractivity contribution in [3.05, 3.63) is 60.6 Å². The first-order valence-corrected chi connectivity index (χ1v) is 12.4. The Morgan fingerprint density at radius 2 is 1.84 bits per heavy atom. The van der Waals surface area contributed by atoms with Gasteiger partial charge in [0.15, 0.2) is 0 Å². The van der Waals surface area contributed by atoms with Gasteiger partial charge in [-0.15, -0.1) is 0 Å². The Labute approximate surface area is 216 Å². The molecule has 1 aliphatic heterocycles. The molecule has 0 saturated carbocycles. The summed E-state index contributed by atoms with van der Waals surface area (Å²) in [4.78, 5) is 28.7. The summed E-state index contributed by atoms with van der Waals surface area (Å²) in [6.45, 7) is 4.46. The summed E-state index contributed by atoms with van der Waals surface area (Å²) in [7, 11) is 0. The molecule has 37 heavy (non-hydrogen) atoms. The number of rotatable bonds is 12. The van der Waals surface area contributed by atoms with Gasteiger partial charge in [-0.2, -0.15) is 0 Å². The van der Waals surface area contributed by atoms with Gasteiger partial charge < -0.3 is 26.6 Å². The number of nitrogens with zero attached hydrogens (tertiary/aromatic N) is 5. The third-order valence-corrected chi connectivity index (χ3v) is 6.32. The average Bonchev–Trinajstić information content (AvgIpc) is 2.91. The minimum atomic E-state index is -0.979. The smallest absolute Gasteiger partial charge is 0.323 e. The monoisotopic (exact) mass is 506 g/mol. The standard InChI is InChI=1S/C26H34N8O3/c27-6-2-7-29-26-30-15-21(16-31-26)20-5-8-28-24(14-20)32-22-4-1-3-19(13-22)17-33-9-11-34(12-10-33)23(18-35)25(36)37/h1,3-5,8,13-16,23,35H,2,6-7,9-12,17-18,27H2,(H,28,32)(H,36,37)(H,29,30,31). The molecule has 11 heteroatoms. The minimum absolute atomic E-state index is 0.372. The van der Waals surface area contributed by atoms with Crippen LogP contribution >= 0.6 is 0 Å². The van der Waals surface area contributed by atoms with Gasteiger partial charge in [0.2, 0.25) is 5.95 Å². The molecular weight excluding hydrogens is 472 g/mol. The Morgan fingerprint density at radius 3 is 2.54 bits per heavy atom. The maximum absolute atomic E-state index is 11.3. The van der Waals surface area contributed by atoms with E-state index in [4.69, 9.17) is 5.73 Å². The van der Waals surface area contributed by atoms with Gasteiger partial charge in [-0.05, 0) is 48.4 Å². The van der Waals surface area contributed by atoms with Crippen LogP contribution in [0, 0.1) is 0 Å². The topological polar surface area (TPSA) is 153 Å². The molecule has 1 unspecified atom stereocenters. The molecule has 3 heterocycles. The number of carbonyl (C=O) groups is 1. The molecule has 1 aromatic carbocycles. The summed E-state index contributed by atoms with van der Waals surface area (Å²) < 4.78 is 0. The Kier molecular flexibility index (Phi) is 9.33. The van der Waals surface area contributed by atoms with E-state index in [1.807, 2.05) is 29.2 Å². The SMILES string of the molecule is NCCCNc1ncc(-c2ccnc(Nc3cccc(CN4CCN(C(CO)C(=O)O)CC4)c3)c2)cn1. The molecule has 1 atom stereocenters. The van der Waals surface area contributed by atoms with E-state index in [1.165, 1.54) is 0 Å². The average molecular weight is 507 g/mol. The fourth-order valence-electron chi connectivity index (χ4n) is 4.29. The van der Waals surface area contributed by atoms with Crippen molar-refractivity contribution < 1.29 is 15.0 Å². The predicted octanol–water partition coefficient (Wildman–Crippen LogP) is 1.61. The number of aliphatic hydroxyl groups excluding tert-OH is 1. The van der Waals surface area contributed by atoms with Crippen molar-refractivity contribution in [2.45, 2.75) is 19.0 Å². The number of nitrogens with two attached hydrogens (primary N) is 1. The summed E-state index contributed by atoms with van der Waals surface area (Å²) >= 11 is 0. The number of carboxylic acids is 1. The molecule has 4 rings (SSSR count). The number of carboxylic acid groups (broad SMARTS) is 1. The van der Waals surface area contributed by atoms with Gasteiger partial charge in [0.05, 0.1) is 6.61 Å². The summed E-state index contributed by atoms with van der Waals surface area (Å²) in [5.74, 6) is 0.322. The molecule has 1 aliphatic rings. The van der Waals surface area contributed by atoms with E-state index < -0.39 is 12.0 Å². The molecule has 6 N–H and O–H groups in total. The van der Waals surface area contributed by atoms with E-state index in [0.29, 0.717) is 25.6 Å². The first-order chi connectivity index (χ1) is 18.1. The molecule has 3 aromatic rings. The lowest BCUT2D eigenvalue weighted by Crippen LogP contribution is -2.53. The number of anilines is 3. The van der Waals surface area contributed by atoms with Gasteiger partial charge in [0.1, 0.15) is 11.9 Å². The van der Waals surface area contributed by atoms with Crippen molar-refractivity contribution in [3.63, 3.8) is 0 Å². The van der Waals surface area contributed by atoms with E-state index in [1.54, 1.807) is 18.6 Å². The number of nitrogens with one attached hydrogen (secondary N) is 2. The third kappa shape index (κ3) is 7.43. The van der Waals surface area contributed by atoms with E-state index in [9.17, 15) is 15.0 Å². The fraction of sp³-hybridized carbons (Fsp3) is 0.385. The lowest BCUT2D eigenvalue weighted by molar-refractivity contribution is -0.145. The van der Waals surface area contributed by atoms with Crippen LogP contribution in [0.25, 0.3) is 11.1 Å². The minimum Gasteiger partial charge on any atom is -0.480 e. The van der Waals surface area contributed by atoms with Crippen LogP contribution in [0.2, 0.25) is 0 Å². The molecule has 1 fully saturated rings. The lowest BCUT2D eigenvalue weighted by Gasteiger charge is -2.37. The van der Waals surface area contributed by atoms with Crippen LogP contribution < -0.4 is 16.4 Å². The van der Waals surface area contributed by atoms with E-state index in [2.05, 4.69) is 42.6 Å². The van der Waals surface area contributed by atoms with Gasteiger partial charge in [-0.25, -0.2) is 15.0 Å². The molecule has 196 valence electrons. The number of hydrogen-bond acceptors (Lipinski definition) is 10. The highest BCUT2D eigenvalue weighted by Crippen LogP contribution is 2.23. The van der Waals surface area contributed by atoms with Gasteiger partial charge in [-0.3, -0.25) is 14.6 Å². The fourth-order valence-corrected chi connectivity index (χ4v) is 4.29. The van der Waals surface area contributed by atoms with Crippen LogP contribution in [0.3, 0.4) is 0 Å². The molecule has 1 saturated heterocycles. The van der Waals surface area contributed by atoms with Crippen LogP contribution in [-0.2, 0) is 11.3 Å². The zero-order chi connectivity index (χ0) is 26.0. The zero-order valence-corrected chi connectivity index (χ0v) is 20.8. The van der Waals surface area contributed by atoms with E-state index >= 15 is 0 Å². The second-order valence-electron chi connectivity index (χ2n) is 8.97. The van der Waals surface area contributed by atoms with Gasteiger partial charge >= 0.3 is 5.97 Å². The Bertz CT molecular complexity index is 1150. The van der Waals surface area contributed by atoms with E-state index in [0.717, 1.165) is 60.8 Å². The Balaban J connectivity index is 1.34. The van der Waals surface area contributed by atoms with Gasteiger partial charge in [-0.1, -0.05) is 12.1 Å². The van der Waals surface area contributed by atoms with Crippen LogP contribution in [0.5, 0.6) is 0 Å². The number of aromatic nitrogens is 3. The quantitative estimate of drug-likeness (QED) is 0.228. The van der Waals surface area contributed by atoms with Crippen molar-refractivity contribution in [2.24, 2.45) is 5.73 Å². The maximum atomic E-state index is 11.3. The molecule has 11 nitrogen and oxygen atoms in total. The third-order valence-electron chi connectivity index (χ3n) is 6.32. The maximum Gasteiger partial charge on any atom is 0.323 e. The molecule has 2 aromatic heterocycles. The summed E-state index contributed by atoms with van der Waals surface area (Å²) in [5, 5.41) is 25.2. The first kappa shape index (κ1) is 26.4. The normalized spacial score (nSPS) is 15.3. The van der Waals surface area contributed by atoms with Crippen LogP contribution in [-0.4, -0.2) is 92.9 Å².